The van der Waals surface area contributed by atoms with Crippen LogP contribution in [0.2, 0.25) is 10.0 Å². The molecule has 0 radical (unpaired) electrons. The summed E-state index contributed by atoms with van der Waals surface area (Å²) >= 11 is 12.1. The molecule has 1 saturated heterocycles. The van der Waals surface area contributed by atoms with Crippen molar-refractivity contribution in [1.82, 2.24) is 0 Å². The first kappa shape index (κ1) is 13.7. The second kappa shape index (κ2) is 5.23. The summed E-state index contributed by atoms with van der Waals surface area (Å²) in [4.78, 5) is 0. The molecule has 1 spiro atoms. The number of hydrogen-bond donors (Lipinski definition) is 1. The third kappa shape index (κ3) is 2.50. The van der Waals surface area contributed by atoms with Crippen molar-refractivity contribution in [2.45, 2.75) is 43.7 Å². The minimum Gasteiger partial charge on any atom is -0.394 e. The maximum atomic E-state index is 9.51. The molecule has 1 aliphatic carbocycles. The van der Waals surface area contributed by atoms with Crippen molar-refractivity contribution >= 4 is 23.2 Å². The number of halogens is 2. The Bertz CT molecular complexity index is 472. The summed E-state index contributed by atoms with van der Waals surface area (Å²) in [6, 6.07) is 5.31. The predicted octanol–water partition coefficient (Wildman–Crippen LogP) is 3.71. The van der Waals surface area contributed by atoms with E-state index >= 15 is 0 Å². The van der Waals surface area contributed by atoms with E-state index in [2.05, 4.69) is 0 Å². The van der Waals surface area contributed by atoms with Gasteiger partial charge >= 0.3 is 0 Å². The van der Waals surface area contributed by atoms with E-state index in [-0.39, 0.29) is 18.8 Å². The molecule has 3 nitrogen and oxygen atoms in total. The number of rotatable bonds is 2. The molecule has 0 amide bonds. The molecule has 3 rings (SSSR count). The fourth-order valence-corrected chi connectivity index (χ4v) is 3.47. The van der Waals surface area contributed by atoms with Crippen LogP contribution in [0.3, 0.4) is 0 Å². The SMILES string of the molecule is OC[C@H]1OC2(CCCC2)O[C@@H]1c1ccc(Cl)cc1Cl. The summed E-state index contributed by atoms with van der Waals surface area (Å²) in [6.07, 6.45) is 3.26. The number of aliphatic hydroxyl groups excluding tert-OH is 1. The summed E-state index contributed by atoms with van der Waals surface area (Å²) in [5, 5.41) is 10.7. The van der Waals surface area contributed by atoms with Crippen molar-refractivity contribution in [2.24, 2.45) is 0 Å². The van der Waals surface area contributed by atoms with Gasteiger partial charge in [0.15, 0.2) is 5.79 Å². The van der Waals surface area contributed by atoms with Crippen LogP contribution >= 0.6 is 23.2 Å². The minimum atomic E-state index is -0.527. The summed E-state index contributed by atoms with van der Waals surface area (Å²) in [5.74, 6) is -0.527. The normalized spacial score (nSPS) is 29.2. The van der Waals surface area contributed by atoms with E-state index in [0.29, 0.717) is 10.0 Å². The van der Waals surface area contributed by atoms with Crippen LogP contribution in [0, 0.1) is 0 Å². The lowest BCUT2D eigenvalue weighted by atomic mass is 10.1. The van der Waals surface area contributed by atoms with E-state index in [0.717, 1.165) is 31.2 Å². The zero-order chi connectivity index (χ0) is 13.5. The molecule has 1 aromatic carbocycles. The highest BCUT2D eigenvalue weighted by molar-refractivity contribution is 6.35. The second-order valence-corrected chi connectivity index (χ2v) is 6.00. The Balaban J connectivity index is 1.90. The molecule has 2 aliphatic rings. The first-order valence-electron chi connectivity index (χ1n) is 6.55. The van der Waals surface area contributed by atoms with Crippen LogP contribution in [-0.2, 0) is 9.47 Å². The average Bonchev–Trinajstić information content (AvgIpc) is 2.97. The average molecular weight is 303 g/mol. The highest BCUT2D eigenvalue weighted by Gasteiger charge is 2.49. The van der Waals surface area contributed by atoms with Gasteiger partial charge in [0.1, 0.15) is 12.2 Å². The largest absolute Gasteiger partial charge is 0.394 e. The topological polar surface area (TPSA) is 38.7 Å². The van der Waals surface area contributed by atoms with E-state index in [1.807, 2.05) is 6.07 Å². The number of benzene rings is 1. The lowest BCUT2D eigenvalue weighted by molar-refractivity contribution is -0.172. The summed E-state index contributed by atoms with van der Waals surface area (Å²) in [5.41, 5.74) is 0.828. The zero-order valence-corrected chi connectivity index (χ0v) is 12.0. The standard InChI is InChI=1S/C14H16Cl2O3/c15-9-3-4-10(11(16)7-9)13-12(8-17)18-14(19-13)5-1-2-6-14/h3-4,7,12-13,17H,1-2,5-6,8H2/t12-,13-/m1/s1. The monoisotopic (exact) mass is 302 g/mol. The molecule has 1 saturated carbocycles. The van der Waals surface area contributed by atoms with E-state index < -0.39 is 5.79 Å². The lowest BCUT2D eigenvalue weighted by Gasteiger charge is -2.22. The molecular formula is C14H16Cl2O3. The number of aliphatic hydroxyl groups is 1. The minimum absolute atomic E-state index is 0.0780. The van der Waals surface area contributed by atoms with E-state index in [1.54, 1.807) is 12.1 Å². The number of ether oxygens (including phenoxy) is 2. The Labute approximate surface area is 122 Å². The Morgan fingerprint density at radius 2 is 1.95 bits per heavy atom. The van der Waals surface area contributed by atoms with Crippen molar-refractivity contribution in [1.29, 1.82) is 0 Å². The van der Waals surface area contributed by atoms with Gasteiger partial charge in [-0.3, -0.25) is 0 Å². The van der Waals surface area contributed by atoms with Crippen LogP contribution in [0.15, 0.2) is 18.2 Å². The summed E-state index contributed by atoms with van der Waals surface area (Å²) in [7, 11) is 0. The van der Waals surface area contributed by atoms with Gasteiger partial charge in [-0.25, -0.2) is 0 Å². The third-order valence-electron chi connectivity index (χ3n) is 3.86. The Kier molecular flexibility index (Phi) is 3.76. The highest BCUT2D eigenvalue weighted by atomic mass is 35.5. The van der Waals surface area contributed by atoms with Crippen molar-refractivity contribution in [3.05, 3.63) is 33.8 Å². The first-order chi connectivity index (χ1) is 9.13. The molecule has 2 fully saturated rings. The van der Waals surface area contributed by atoms with Crippen LogP contribution in [0.4, 0.5) is 0 Å². The van der Waals surface area contributed by atoms with Crippen molar-refractivity contribution in [3.8, 4) is 0 Å². The van der Waals surface area contributed by atoms with Crippen LogP contribution in [0.5, 0.6) is 0 Å². The summed E-state index contributed by atoms with van der Waals surface area (Å²) in [6.45, 7) is -0.0780. The zero-order valence-electron chi connectivity index (χ0n) is 10.4. The highest BCUT2D eigenvalue weighted by Crippen LogP contribution is 2.48. The van der Waals surface area contributed by atoms with Gasteiger partial charge < -0.3 is 14.6 Å². The number of hydrogen-bond acceptors (Lipinski definition) is 3. The van der Waals surface area contributed by atoms with Crippen LogP contribution < -0.4 is 0 Å². The van der Waals surface area contributed by atoms with E-state index in [9.17, 15) is 5.11 Å². The van der Waals surface area contributed by atoms with Crippen molar-refractivity contribution in [3.63, 3.8) is 0 Å². The maximum absolute atomic E-state index is 9.51. The van der Waals surface area contributed by atoms with E-state index in [1.165, 1.54) is 0 Å². The van der Waals surface area contributed by atoms with Crippen molar-refractivity contribution < 1.29 is 14.6 Å². The van der Waals surface area contributed by atoms with Gasteiger partial charge in [-0.2, -0.15) is 0 Å². The van der Waals surface area contributed by atoms with Crippen molar-refractivity contribution in [2.75, 3.05) is 6.61 Å². The molecule has 1 N–H and O–H groups in total. The van der Waals surface area contributed by atoms with Gasteiger partial charge in [0.25, 0.3) is 0 Å². The second-order valence-electron chi connectivity index (χ2n) is 5.16. The fourth-order valence-electron chi connectivity index (χ4n) is 2.95. The van der Waals surface area contributed by atoms with Gasteiger partial charge in [0, 0.05) is 28.5 Å². The van der Waals surface area contributed by atoms with Gasteiger partial charge in [0.2, 0.25) is 0 Å². The smallest absolute Gasteiger partial charge is 0.169 e. The van der Waals surface area contributed by atoms with Gasteiger partial charge in [0.05, 0.1) is 6.61 Å². The molecule has 19 heavy (non-hydrogen) atoms. The Morgan fingerprint density at radius 1 is 1.21 bits per heavy atom. The lowest BCUT2D eigenvalue weighted by Crippen LogP contribution is -2.27. The van der Waals surface area contributed by atoms with Gasteiger partial charge in [-0.15, -0.1) is 0 Å². The Morgan fingerprint density at radius 3 is 2.58 bits per heavy atom. The van der Waals surface area contributed by atoms with E-state index in [4.69, 9.17) is 32.7 Å². The molecule has 0 aromatic heterocycles. The molecule has 0 bridgehead atoms. The van der Waals surface area contributed by atoms with Gasteiger partial charge in [-0.05, 0) is 25.0 Å². The molecule has 2 atom stereocenters. The Hall–Kier alpha value is -0.320. The van der Waals surface area contributed by atoms with Crippen LogP contribution in [0.25, 0.3) is 0 Å². The van der Waals surface area contributed by atoms with Gasteiger partial charge in [-0.1, -0.05) is 29.3 Å². The molecule has 1 aliphatic heterocycles. The maximum Gasteiger partial charge on any atom is 0.169 e. The molecular weight excluding hydrogens is 287 g/mol. The van der Waals surface area contributed by atoms with Crippen LogP contribution in [-0.4, -0.2) is 23.6 Å². The van der Waals surface area contributed by atoms with Crippen LogP contribution in [0.1, 0.15) is 37.4 Å². The summed E-state index contributed by atoms with van der Waals surface area (Å²) < 4.78 is 12.1. The fraction of sp³-hybridized carbons (Fsp3) is 0.571. The molecule has 0 unspecified atom stereocenters. The quantitative estimate of drug-likeness (QED) is 0.905. The molecule has 5 heteroatoms. The molecule has 1 aromatic rings. The molecule has 1 heterocycles. The third-order valence-corrected chi connectivity index (χ3v) is 4.42. The molecule has 104 valence electrons. The predicted molar refractivity (Wildman–Crippen MR) is 73.4 cm³/mol. The first-order valence-corrected chi connectivity index (χ1v) is 7.31.